The Morgan fingerprint density at radius 2 is 2.39 bits per heavy atom. The predicted molar refractivity (Wildman–Crippen MR) is 70.5 cm³/mol. The van der Waals surface area contributed by atoms with E-state index in [4.69, 9.17) is 15.7 Å². The summed E-state index contributed by atoms with van der Waals surface area (Å²) in [6, 6.07) is 1.71. The van der Waals surface area contributed by atoms with E-state index in [0.717, 1.165) is 0 Å². The summed E-state index contributed by atoms with van der Waals surface area (Å²) in [5, 5.41) is 13.1. The number of carbonyl (C=O) groups excluding carboxylic acids is 1. The Hall–Kier alpha value is -1.76. The second-order valence-corrected chi connectivity index (χ2v) is 4.49. The molecular formula is C11H17N3O3S. The molecule has 7 heteroatoms. The van der Waals surface area contributed by atoms with Crippen LogP contribution >= 0.6 is 11.3 Å². The Labute approximate surface area is 110 Å². The molecule has 0 saturated heterocycles. The molecule has 18 heavy (non-hydrogen) atoms. The van der Waals surface area contributed by atoms with Gasteiger partial charge >= 0.3 is 0 Å². The Morgan fingerprint density at radius 3 is 2.89 bits per heavy atom. The van der Waals surface area contributed by atoms with Gasteiger partial charge in [-0.1, -0.05) is 5.16 Å². The number of methoxy groups -OCH3 is 1. The minimum atomic E-state index is -0.0726. The van der Waals surface area contributed by atoms with Crippen molar-refractivity contribution in [2.45, 2.75) is 13.3 Å². The Balaban J connectivity index is 2.67. The van der Waals surface area contributed by atoms with Gasteiger partial charge in [0.1, 0.15) is 11.6 Å². The summed E-state index contributed by atoms with van der Waals surface area (Å²) in [6.45, 7) is 2.87. The van der Waals surface area contributed by atoms with Crippen LogP contribution in [0.4, 0.5) is 0 Å². The standard InChI is InChI=1S/C11H17N3O3S/c1-3-14(5-4-10(12)13-16)11(15)9-6-8(17-2)7-18-9/h6-7,16H,3-5H2,1-2H3,(H2,12,13). The molecule has 0 bridgehead atoms. The average Bonchev–Trinajstić information content (AvgIpc) is 2.87. The van der Waals surface area contributed by atoms with Crippen molar-refractivity contribution in [3.8, 4) is 5.75 Å². The van der Waals surface area contributed by atoms with Crippen molar-refractivity contribution in [2.75, 3.05) is 20.2 Å². The number of rotatable bonds is 6. The first-order valence-corrected chi connectivity index (χ1v) is 6.38. The number of hydrogen-bond donors (Lipinski definition) is 2. The van der Waals surface area contributed by atoms with Crippen LogP contribution in [0, 0.1) is 0 Å². The smallest absolute Gasteiger partial charge is 0.264 e. The van der Waals surface area contributed by atoms with Crippen LogP contribution in [0.3, 0.4) is 0 Å². The molecular weight excluding hydrogens is 254 g/mol. The molecule has 0 aliphatic carbocycles. The van der Waals surface area contributed by atoms with Gasteiger partial charge in [0.05, 0.1) is 12.0 Å². The molecule has 1 rings (SSSR count). The predicted octanol–water partition coefficient (Wildman–Crippen LogP) is 1.36. The molecule has 0 fully saturated rings. The Bertz CT molecular complexity index is 431. The number of nitrogens with zero attached hydrogens (tertiary/aromatic N) is 2. The van der Waals surface area contributed by atoms with E-state index < -0.39 is 0 Å². The largest absolute Gasteiger partial charge is 0.496 e. The van der Waals surface area contributed by atoms with Crippen LogP contribution in [-0.4, -0.2) is 42.0 Å². The van der Waals surface area contributed by atoms with E-state index >= 15 is 0 Å². The first-order valence-electron chi connectivity index (χ1n) is 5.50. The third-order valence-electron chi connectivity index (χ3n) is 2.46. The van der Waals surface area contributed by atoms with Gasteiger partial charge in [0.2, 0.25) is 0 Å². The van der Waals surface area contributed by atoms with E-state index in [2.05, 4.69) is 5.16 Å². The van der Waals surface area contributed by atoms with E-state index in [-0.39, 0.29) is 11.7 Å². The van der Waals surface area contributed by atoms with Crippen molar-refractivity contribution in [3.63, 3.8) is 0 Å². The maximum absolute atomic E-state index is 12.1. The average molecular weight is 271 g/mol. The van der Waals surface area contributed by atoms with Gasteiger partial charge < -0.3 is 20.6 Å². The van der Waals surface area contributed by atoms with Crippen LogP contribution in [-0.2, 0) is 0 Å². The van der Waals surface area contributed by atoms with Crippen molar-refractivity contribution in [2.24, 2.45) is 10.9 Å². The Morgan fingerprint density at radius 1 is 1.67 bits per heavy atom. The molecule has 1 aromatic heterocycles. The quantitative estimate of drug-likeness (QED) is 0.354. The molecule has 1 amide bonds. The van der Waals surface area contributed by atoms with Gasteiger partial charge in [-0.15, -0.1) is 11.3 Å². The lowest BCUT2D eigenvalue weighted by Gasteiger charge is -2.19. The number of amides is 1. The monoisotopic (exact) mass is 271 g/mol. The van der Waals surface area contributed by atoms with Crippen molar-refractivity contribution in [1.82, 2.24) is 4.90 Å². The van der Waals surface area contributed by atoms with Gasteiger partial charge in [-0.3, -0.25) is 4.79 Å². The lowest BCUT2D eigenvalue weighted by molar-refractivity contribution is 0.0773. The van der Waals surface area contributed by atoms with E-state index in [1.807, 2.05) is 6.92 Å². The molecule has 0 spiro atoms. The van der Waals surface area contributed by atoms with Crippen LogP contribution in [0.25, 0.3) is 0 Å². The fourth-order valence-corrected chi connectivity index (χ4v) is 2.22. The summed E-state index contributed by atoms with van der Waals surface area (Å²) in [4.78, 5) is 14.4. The van der Waals surface area contributed by atoms with Gasteiger partial charge in [0.15, 0.2) is 0 Å². The van der Waals surface area contributed by atoms with Gasteiger partial charge in [0.25, 0.3) is 5.91 Å². The van der Waals surface area contributed by atoms with Gasteiger partial charge in [-0.25, -0.2) is 0 Å². The molecule has 3 N–H and O–H groups in total. The van der Waals surface area contributed by atoms with Crippen molar-refractivity contribution < 1.29 is 14.7 Å². The molecule has 0 saturated carbocycles. The SMILES string of the molecule is CCN(CCC(N)=NO)C(=O)c1cc(OC)cs1. The first-order chi connectivity index (χ1) is 8.62. The summed E-state index contributed by atoms with van der Waals surface area (Å²) in [6.07, 6.45) is 0.346. The van der Waals surface area contributed by atoms with Crippen molar-refractivity contribution >= 4 is 23.1 Å². The van der Waals surface area contributed by atoms with E-state index in [9.17, 15) is 4.79 Å². The van der Waals surface area contributed by atoms with Crippen molar-refractivity contribution in [1.29, 1.82) is 0 Å². The van der Waals surface area contributed by atoms with Gasteiger partial charge in [-0.2, -0.15) is 0 Å². The number of carbonyl (C=O) groups is 1. The molecule has 0 aromatic carbocycles. The zero-order chi connectivity index (χ0) is 13.5. The molecule has 0 aliphatic rings. The summed E-state index contributed by atoms with van der Waals surface area (Å²) in [5.74, 6) is 0.720. The number of thiophene rings is 1. The zero-order valence-corrected chi connectivity index (χ0v) is 11.2. The maximum Gasteiger partial charge on any atom is 0.264 e. The summed E-state index contributed by atoms with van der Waals surface area (Å²) in [5.41, 5.74) is 5.39. The molecule has 0 atom stereocenters. The minimum absolute atomic E-state index is 0.0726. The third-order valence-corrected chi connectivity index (χ3v) is 3.35. The fraction of sp³-hybridized carbons (Fsp3) is 0.455. The third kappa shape index (κ3) is 3.63. The van der Waals surface area contributed by atoms with E-state index in [0.29, 0.717) is 30.1 Å². The van der Waals surface area contributed by atoms with Crippen molar-refractivity contribution in [3.05, 3.63) is 16.3 Å². The number of oxime groups is 1. The molecule has 100 valence electrons. The molecule has 6 nitrogen and oxygen atoms in total. The van der Waals surface area contributed by atoms with E-state index in [1.165, 1.54) is 11.3 Å². The lowest BCUT2D eigenvalue weighted by atomic mass is 10.3. The van der Waals surface area contributed by atoms with Crippen LogP contribution in [0.1, 0.15) is 23.0 Å². The van der Waals surface area contributed by atoms with Gasteiger partial charge in [0, 0.05) is 31.0 Å². The Kier molecular flexibility index (Phi) is 5.44. The first kappa shape index (κ1) is 14.3. The summed E-state index contributed by atoms with van der Waals surface area (Å²) in [7, 11) is 1.56. The van der Waals surface area contributed by atoms with Crippen LogP contribution in [0.5, 0.6) is 5.75 Å². The van der Waals surface area contributed by atoms with E-state index in [1.54, 1.807) is 23.5 Å². The molecule has 0 unspecified atom stereocenters. The highest BCUT2D eigenvalue weighted by Crippen LogP contribution is 2.22. The zero-order valence-electron chi connectivity index (χ0n) is 10.4. The maximum atomic E-state index is 12.1. The number of nitrogens with two attached hydrogens (primary N) is 1. The fourth-order valence-electron chi connectivity index (χ4n) is 1.40. The normalized spacial score (nSPS) is 11.3. The lowest BCUT2D eigenvalue weighted by Crippen LogP contribution is -2.33. The molecule has 1 aromatic rings. The van der Waals surface area contributed by atoms with Crippen LogP contribution in [0.15, 0.2) is 16.6 Å². The van der Waals surface area contributed by atoms with Crippen LogP contribution < -0.4 is 10.5 Å². The molecule has 0 aliphatic heterocycles. The highest BCUT2D eigenvalue weighted by atomic mass is 32.1. The summed E-state index contributed by atoms with van der Waals surface area (Å²) < 4.78 is 5.04. The summed E-state index contributed by atoms with van der Waals surface area (Å²) >= 11 is 1.34. The second kappa shape index (κ2) is 6.85. The molecule has 0 radical (unpaired) electrons. The topological polar surface area (TPSA) is 88.1 Å². The highest BCUT2D eigenvalue weighted by Gasteiger charge is 2.16. The number of amidine groups is 1. The minimum Gasteiger partial charge on any atom is -0.496 e. The number of hydrogen-bond acceptors (Lipinski definition) is 5. The highest BCUT2D eigenvalue weighted by molar-refractivity contribution is 7.12. The van der Waals surface area contributed by atoms with Gasteiger partial charge in [-0.05, 0) is 6.92 Å². The van der Waals surface area contributed by atoms with Crippen LogP contribution in [0.2, 0.25) is 0 Å². The molecule has 1 heterocycles. The number of ether oxygens (including phenoxy) is 1. The second-order valence-electron chi connectivity index (χ2n) is 3.58.